The van der Waals surface area contributed by atoms with Gasteiger partial charge in [0, 0.05) is 38.5 Å². The largest absolute Gasteiger partial charge is 0.309 e. The molecule has 0 aliphatic rings. The van der Waals surface area contributed by atoms with Crippen molar-refractivity contribution in [1.29, 1.82) is 0 Å². The molecule has 0 amide bonds. The molecule has 268 valence electrons. The van der Waals surface area contributed by atoms with Gasteiger partial charge in [-0.15, -0.1) is 0 Å². The Bertz CT molecular complexity index is 3120. The van der Waals surface area contributed by atoms with Gasteiger partial charge in [0.1, 0.15) is 12.7 Å². The normalized spacial score (nSPS) is 11.9. The van der Waals surface area contributed by atoms with Crippen molar-refractivity contribution in [2.24, 2.45) is 0 Å². The molecule has 0 aliphatic carbocycles. The van der Waals surface area contributed by atoms with E-state index < -0.39 is 8.07 Å². The highest BCUT2D eigenvalue weighted by Gasteiger charge is 2.41. The Morgan fingerprint density at radius 3 is 1.19 bits per heavy atom. The summed E-state index contributed by atoms with van der Waals surface area (Å²) in [5, 5.41) is 10.2. The lowest BCUT2D eigenvalue weighted by Crippen LogP contribution is -2.74. The Kier molecular flexibility index (Phi) is 7.76. The maximum absolute atomic E-state index is 4.42. The molecule has 57 heavy (non-hydrogen) atoms. The first kappa shape index (κ1) is 33.0. The summed E-state index contributed by atoms with van der Waals surface area (Å²) in [5.41, 5.74) is 7.95. The van der Waals surface area contributed by atoms with E-state index in [2.05, 4.69) is 224 Å². The topological polar surface area (TPSA) is 48.5 Å². The molecule has 11 aromatic rings. The number of fused-ring (bicyclic) bond motifs is 6. The number of aromatic nitrogens is 5. The molecule has 0 saturated carbocycles. The van der Waals surface area contributed by atoms with Crippen LogP contribution in [0.1, 0.15) is 0 Å². The highest BCUT2D eigenvalue weighted by atomic mass is 28.3. The predicted octanol–water partition coefficient (Wildman–Crippen LogP) is 9.11. The van der Waals surface area contributed by atoms with Gasteiger partial charge < -0.3 is 9.13 Å². The molecule has 0 bridgehead atoms. The van der Waals surface area contributed by atoms with Crippen LogP contribution in [-0.4, -0.2) is 32.2 Å². The smallest absolute Gasteiger partial charge is 0.179 e. The van der Waals surface area contributed by atoms with Crippen LogP contribution in [0.2, 0.25) is 0 Å². The summed E-state index contributed by atoms with van der Waals surface area (Å²) in [5.74, 6) is 0.666. The van der Waals surface area contributed by atoms with Gasteiger partial charge in [0.15, 0.2) is 13.9 Å². The number of rotatable bonds is 7. The fraction of sp³-hybridized carbons (Fsp3) is 0. The second-order valence-corrected chi connectivity index (χ2v) is 18.3. The molecule has 0 unspecified atom stereocenters. The first-order valence-electron chi connectivity index (χ1n) is 19.3. The summed E-state index contributed by atoms with van der Waals surface area (Å²) in [6.07, 6.45) is 3.09. The molecule has 11 rings (SSSR count). The highest BCUT2D eigenvalue weighted by molar-refractivity contribution is 7.19. The first-order chi connectivity index (χ1) is 28.3. The number of hydrogen-bond acceptors (Lipinski definition) is 3. The van der Waals surface area contributed by atoms with Crippen LogP contribution >= 0.6 is 0 Å². The second kappa shape index (κ2) is 13.4. The zero-order chi connectivity index (χ0) is 37.8. The maximum atomic E-state index is 4.42. The van der Waals surface area contributed by atoms with Crippen molar-refractivity contribution >= 4 is 72.4 Å². The van der Waals surface area contributed by atoms with Gasteiger partial charge in [-0.1, -0.05) is 140 Å². The lowest BCUT2D eigenvalue weighted by atomic mass is 10.1. The van der Waals surface area contributed by atoms with Gasteiger partial charge in [-0.05, 0) is 81.4 Å². The minimum atomic E-state index is -2.81. The van der Waals surface area contributed by atoms with E-state index in [0.717, 1.165) is 33.4 Å². The summed E-state index contributed by atoms with van der Waals surface area (Å²) >= 11 is 0. The Morgan fingerprint density at radius 1 is 0.333 bits per heavy atom. The predicted molar refractivity (Wildman–Crippen MR) is 238 cm³/mol. The number of nitrogens with zero attached hydrogens (tertiary/aromatic N) is 5. The summed E-state index contributed by atoms with van der Waals surface area (Å²) in [7, 11) is -2.81. The van der Waals surface area contributed by atoms with Gasteiger partial charge in [0.2, 0.25) is 0 Å². The maximum Gasteiger partial charge on any atom is 0.179 e. The van der Waals surface area contributed by atoms with Gasteiger partial charge in [0.25, 0.3) is 0 Å². The standard InChI is InChI=1S/C51H35N5Si/c1-3-13-39(14-4-1)57(40-15-5-2-6-16-40,41-28-24-37(25-29-41)55-47-20-10-7-17-43(47)44-18-8-11-21-48(44)55)42-30-26-38(27-31-42)56-49-22-12-9-19-45(49)46-33-36(23-32-50(46)56)51-53-34-52-35-54-51/h1-35H. The molecule has 0 saturated heterocycles. The molecular weight excluding hydrogens is 711 g/mol. The summed E-state index contributed by atoms with van der Waals surface area (Å²) < 4.78 is 4.77. The molecule has 0 spiro atoms. The third-order valence-electron chi connectivity index (χ3n) is 11.5. The zero-order valence-corrected chi connectivity index (χ0v) is 31.9. The van der Waals surface area contributed by atoms with Crippen molar-refractivity contribution in [3.05, 3.63) is 213 Å². The number of benzene rings is 8. The van der Waals surface area contributed by atoms with Gasteiger partial charge >= 0.3 is 0 Å². The third kappa shape index (κ3) is 5.19. The Morgan fingerprint density at radius 2 is 0.719 bits per heavy atom. The van der Waals surface area contributed by atoms with Crippen molar-refractivity contribution < 1.29 is 0 Å². The SMILES string of the molecule is c1ccc([Si](c2ccccc2)(c2ccc(-n3c4ccccc4c4ccccc43)cc2)c2ccc(-n3c4ccccc4c4cc(-c5ncncn5)ccc43)cc2)cc1. The number of para-hydroxylation sites is 3. The van der Waals surface area contributed by atoms with E-state index in [0.29, 0.717) is 5.82 Å². The van der Waals surface area contributed by atoms with Crippen molar-refractivity contribution in [2.75, 3.05) is 0 Å². The molecule has 6 heteroatoms. The Balaban J connectivity index is 1.10. The van der Waals surface area contributed by atoms with E-state index >= 15 is 0 Å². The van der Waals surface area contributed by atoms with Crippen molar-refractivity contribution in [3.63, 3.8) is 0 Å². The highest BCUT2D eigenvalue weighted by Crippen LogP contribution is 2.35. The first-order valence-corrected chi connectivity index (χ1v) is 21.3. The Labute approximate surface area is 330 Å². The van der Waals surface area contributed by atoms with E-state index in [1.807, 2.05) is 0 Å². The van der Waals surface area contributed by atoms with E-state index in [1.165, 1.54) is 47.9 Å². The van der Waals surface area contributed by atoms with Crippen molar-refractivity contribution in [3.8, 4) is 22.8 Å². The van der Waals surface area contributed by atoms with E-state index in [4.69, 9.17) is 0 Å². The van der Waals surface area contributed by atoms with Crippen molar-refractivity contribution in [1.82, 2.24) is 24.1 Å². The van der Waals surface area contributed by atoms with Gasteiger partial charge in [-0.2, -0.15) is 0 Å². The van der Waals surface area contributed by atoms with Crippen LogP contribution in [0.25, 0.3) is 66.4 Å². The summed E-state index contributed by atoms with van der Waals surface area (Å²) in [6, 6.07) is 73.6. The minimum Gasteiger partial charge on any atom is -0.309 e. The molecule has 0 radical (unpaired) electrons. The average molecular weight is 746 g/mol. The van der Waals surface area contributed by atoms with Gasteiger partial charge in [-0.25, -0.2) is 15.0 Å². The summed E-state index contributed by atoms with van der Waals surface area (Å²) in [4.78, 5) is 12.9. The molecule has 3 heterocycles. The van der Waals surface area contributed by atoms with Crippen LogP contribution in [0.15, 0.2) is 213 Å². The summed E-state index contributed by atoms with van der Waals surface area (Å²) in [6.45, 7) is 0. The third-order valence-corrected chi connectivity index (χ3v) is 16.3. The fourth-order valence-corrected chi connectivity index (χ4v) is 13.8. The van der Waals surface area contributed by atoms with Crippen LogP contribution < -0.4 is 20.7 Å². The van der Waals surface area contributed by atoms with Crippen LogP contribution in [0.5, 0.6) is 0 Å². The van der Waals surface area contributed by atoms with E-state index in [9.17, 15) is 0 Å². The second-order valence-electron chi connectivity index (χ2n) is 14.5. The molecular formula is C51H35N5Si. The lowest BCUT2D eigenvalue weighted by molar-refractivity contribution is 1.06. The molecule has 0 fully saturated rings. The fourth-order valence-electron chi connectivity index (χ4n) is 9.08. The van der Waals surface area contributed by atoms with Gasteiger partial charge in [-0.3, -0.25) is 0 Å². The number of hydrogen-bond donors (Lipinski definition) is 0. The zero-order valence-electron chi connectivity index (χ0n) is 30.9. The van der Waals surface area contributed by atoms with Crippen LogP contribution in [0, 0.1) is 0 Å². The van der Waals surface area contributed by atoms with Crippen LogP contribution in [0.3, 0.4) is 0 Å². The van der Waals surface area contributed by atoms with Crippen LogP contribution in [-0.2, 0) is 0 Å². The minimum absolute atomic E-state index is 0.666. The molecule has 0 N–H and O–H groups in total. The average Bonchev–Trinajstić information content (AvgIpc) is 3.81. The van der Waals surface area contributed by atoms with Gasteiger partial charge in [0.05, 0.1) is 22.1 Å². The van der Waals surface area contributed by atoms with E-state index in [-0.39, 0.29) is 0 Å². The molecule has 3 aromatic heterocycles. The molecule has 0 aliphatic heterocycles. The lowest BCUT2D eigenvalue weighted by Gasteiger charge is -2.34. The molecule has 8 aromatic carbocycles. The monoisotopic (exact) mass is 745 g/mol. The van der Waals surface area contributed by atoms with E-state index in [1.54, 1.807) is 12.7 Å². The van der Waals surface area contributed by atoms with Crippen molar-refractivity contribution in [2.45, 2.75) is 0 Å². The molecule has 5 nitrogen and oxygen atoms in total. The quantitative estimate of drug-likeness (QED) is 0.121. The molecule has 0 atom stereocenters. The van der Waals surface area contributed by atoms with Crippen LogP contribution in [0.4, 0.5) is 0 Å². The Hall–Kier alpha value is -7.41.